The maximum atomic E-state index is 11.8. The Morgan fingerprint density at radius 1 is 1.37 bits per heavy atom. The summed E-state index contributed by atoms with van der Waals surface area (Å²) in [6, 6.07) is 4.43. The smallest absolute Gasteiger partial charge is 0.242 e. The van der Waals surface area contributed by atoms with Crippen molar-refractivity contribution in [3.63, 3.8) is 0 Å². The number of anilines is 2. The Balaban J connectivity index is 2.98. The van der Waals surface area contributed by atoms with Crippen molar-refractivity contribution in [2.75, 3.05) is 31.2 Å². The molecule has 0 aliphatic rings. The van der Waals surface area contributed by atoms with Gasteiger partial charge in [0.05, 0.1) is 12.2 Å². The first-order valence-corrected chi connectivity index (χ1v) is 7.22. The second-order valence-corrected chi connectivity index (χ2v) is 5.63. The molecule has 5 N–H and O–H groups in total. The Kier molecular flexibility index (Phi) is 5.13. The maximum Gasteiger partial charge on any atom is 0.242 e. The highest BCUT2D eigenvalue weighted by molar-refractivity contribution is 7.89. The monoisotopic (exact) mass is 286 g/mol. The largest absolute Gasteiger partial charge is 0.399 e. The summed E-state index contributed by atoms with van der Waals surface area (Å²) in [7, 11) is -2.32. The second-order valence-electron chi connectivity index (χ2n) is 3.77. The number of hydrogen-bond acceptors (Lipinski definition) is 5. The van der Waals surface area contributed by atoms with Crippen molar-refractivity contribution in [1.29, 1.82) is 0 Å². The summed E-state index contributed by atoms with van der Waals surface area (Å²) in [4.78, 5) is 11.4. The molecule has 8 heteroatoms. The first-order chi connectivity index (χ1) is 8.90. The van der Waals surface area contributed by atoms with Crippen molar-refractivity contribution < 1.29 is 13.2 Å². The van der Waals surface area contributed by atoms with Crippen LogP contribution in [-0.4, -0.2) is 34.5 Å². The molecule has 0 saturated heterocycles. The van der Waals surface area contributed by atoms with Crippen LogP contribution in [0, 0.1) is 0 Å². The molecule has 0 aliphatic heterocycles. The van der Waals surface area contributed by atoms with E-state index in [4.69, 9.17) is 5.73 Å². The van der Waals surface area contributed by atoms with E-state index in [1.165, 1.54) is 19.2 Å². The quantitative estimate of drug-likeness (QED) is 0.537. The van der Waals surface area contributed by atoms with Gasteiger partial charge in [-0.1, -0.05) is 0 Å². The minimum atomic E-state index is -3.64. The minimum absolute atomic E-state index is 0.00993. The van der Waals surface area contributed by atoms with E-state index in [1.807, 2.05) is 0 Å². The zero-order valence-corrected chi connectivity index (χ0v) is 11.7. The Morgan fingerprint density at radius 2 is 2.05 bits per heavy atom. The van der Waals surface area contributed by atoms with Crippen LogP contribution in [0.4, 0.5) is 11.4 Å². The van der Waals surface area contributed by atoms with E-state index in [9.17, 15) is 13.2 Å². The number of sulfonamides is 1. The fourth-order valence-corrected chi connectivity index (χ4v) is 2.39. The van der Waals surface area contributed by atoms with Gasteiger partial charge in [0.25, 0.3) is 0 Å². The van der Waals surface area contributed by atoms with E-state index in [2.05, 4.69) is 15.4 Å². The van der Waals surface area contributed by atoms with Crippen LogP contribution in [0.3, 0.4) is 0 Å². The van der Waals surface area contributed by atoms with Gasteiger partial charge in [-0.2, -0.15) is 0 Å². The summed E-state index contributed by atoms with van der Waals surface area (Å²) in [5, 5.41) is 5.39. The Morgan fingerprint density at radius 3 is 2.63 bits per heavy atom. The summed E-state index contributed by atoms with van der Waals surface area (Å²) in [6.07, 6.45) is 0. The SMILES string of the molecule is CCNC(=O)CNc1ccc(N)cc1S(=O)(=O)NC. The lowest BCUT2D eigenvalue weighted by molar-refractivity contribution is -0.119. The molecule has 106 valence electrons. The van der Waals surface area contributed by atoms with Crippen LogP contribution in [0.25, 0.3) is 0 Å². The number of carbonyl (C=O) groups excluding carboxylic acids is 1. The molecule has 19 heavy (non-hydrogen) atoms. The maximum absolute atomic E-state index is 11.8. The van der Waals surface area contributed by atoms with Crippen LogP contribution in [-0.2, 0) is 14.8 Å². The van der Waals surface area contributed by atoms with Crippen LogP contribution in [0.5, 0.6) is 0 Å². The van der Waals surface area contributed by atoms with Crippen molar-refractivity contribution in [3.05, 3.63) is 18.2 Å². The molecule has 1 aromatic rings. The van der Waals surface area contributed by atoms with Gasteiger partial charge in [-0.3, -0.25) is 4.79 Å². The highest BCUT2D eigenvalue weighted by Gasteiger charge is 2.17. The second kappa shape index (κ2) is 6.39. The first-order valence-electron chi connectivity index (χ1n) is 5.74. The number of carbonyl (C=O) groups is 1. The van der Waals surface area contributed by atoms with Gasteiger partial charge in [0.1, 0.15) is 4.90 Å². The number of nitrogens with one attached hydrogen (secondary N) is 3. The first kappa shape index (κ1) is 15.3. The van der Waals surface area contributed by atoms with Gasteiger partial charge >= 0.3 is 0 Å². The van der Waals surface area contributed by atoms with Gasteiger partial charge in [0.2, 0.25) is 15.9 Å². The molecule has 1 rings (SSSR count). The fourth-order valence-electron chi connectivity index (χ4n) is 1.45. The van der Waals surface area contributed by atoms with E-state index >= 15 is 0 Å². The number of rotatable bonds is 6. The number of amides is 1. The van der Waals surface area contributed by atoms with Crippen molar-refractivity contribution in [2.45, 2.75) is 11.8 Å². The Bertz CT molecular complexity index is 557. The molecule has 0 aromatic heterocycles. The predicted molar refractivity (Wildman–Crippen MR) is 74.3 cm³/mol. The third kappa shape index (κ3) is 4.11. The van der Waals surface area contributed by atoms with Crippen LogP contribution < -0.4 is 21.1 Å². The van der Waals surface area contributed by atoms with Gasteiger partial charge in [-0.05, 0) is 32.2 Å². The van der Waals surface area contributed by atoms with Gasteiger partial charge in [0, 0.05) is 12.2 Å². The lowest BCUT2D eigenvalue weighted by atomic mass is 10.3. The molecule has 0 heterocycles. The molecule has 0 atom stereocenters. The summed E-state index contributed by atoms with van der Waals surface area (Å²) in [6.45, 7) is 2.31. The molecular weight excluding hydrogens is 268 g/mol. The van der Waals surface area contributed by atoms with E-state index in [0.717, 1.165) is 0 Å². The number of nitrogens with two attached hydrogens (primary N) is 1. The summed E-state index contributed by atoms with van der Waals surface area (Å²) >= 11 is 0. The number of nitrogen functional groups attached to an aromatic ring is 1. The molecule has 0 unspecified atom stereocenters. The number of likely N-dealkylation sites (N-methyl/N-ethyl adjacent to an activating group) is 1. The lowest BCUT2D eigenvalue weighted by Gasteiger charge is -2.12. The van der Waals surface area contributed by atoms with E-state index in [1.54, 1.807) is 13.0 Å². The third-order valence-electron chi connectivity index (χ3n) is 2.38. The fraction of sp³-hybridized carbons (Fsp3) is 0.364. The molecule has 7 nitrogen and oxygen atoms in total. The normalized spacial score (nSPS) is 11.1. The Hall–Kier alpha value is -1.80. The van der Waals surface area contributed by atoms with E-state index < -0.39 is 10.0 Å². The zero-order valence-electron chi connectivity index (χ0n) is 10.9. The van der Waals surface area contributed by atoms with E-state index in [-0.39, 0.29) is 17.3 Å². The van der Waals surface area contributed by atoms with Crippen molar-refractivity contribution in [1.82, 2.24) is 10.0 Å². The molecule has 1 amide bonds. The molecule has 0 radical (unpaired) electrons. The van der Waals surface area contributed by atoms with Gasteiger partial charge in [-0.25, -0.2) is 13.1 Å². The van der Waals surface area contributed by atoms with Gasteiger partial charge < -0.3 is 16.4 Å². The van der Waals surface area contributed by atoms with Crippen LogP contribution in [0.1, 0.15) is 6.92 Å². The molecule has 0 bridgehead atoms. The molecule has 1 aromatic carbocycles. The molecule has 0 aliphatic carbocycles. The van der Waals surface area contributed by atoms with Crippen molar-refractivity contribution >= 4 is 27.3 Å². The topological polar surface area (TPSA) is 113 Å². The standard InChI is InChI=1S/C11H18N4O3S/c1-3-14-11(16)7-15-9-5-4-8(12)6-10(9)19(17,18)13-2/h4-6,13,15H,3,7,12H2,1-2H3,(H,14,16). The van der Waals surface area contributed by atoms with Crippen LogP contribution in [0.2, 0.25) is 0 Å². The lowest BCUT2D eigenvalue weighted by Crippen LogP contribution is -2.30. The highest BCUT2D eigenvalue weighted by Crippen LogP contribution is 2.23. The minimum Gasteiger partial charge on any atom is -0.399 e. The van der Waals surface area contributed by atoms with Crippen molar-refractivity contribution in [2.24, 2.45) is 0 Å². The zero-order chi connectivity index (χ0) is 14.5. The van der Waals surface area contributed by atoms with Gasteiger partial charge in [-0.15, -0.1) is 0 Å². The van der Waals surface area contributed by atoms with Crippen LogP contribution in [0.15, 0.2) is 23.1 Å². The predicted octanol–water partition coefficient (Wildman–Crippen LogP) is -0.275. The molecule has 0 saturated carbocycles. The Labute approximate surface area is 112 Å². The number of hydrogen-bond donors (Lipinski definition) is 4. The average molecular weight is 286 g/mol. The highest BCUT2D eigenvalue weighted by atomic mass is 32.2. The summed E-state index contributed by atoms with van der Waals surface area (Å²) < 4.78 is 25.9. The summed E-state index contributed by atoms with van der Waals surface area (Å²) in [5.74, 6) is -0.216. The summed E-state index contributed by atoms with van der Waals surface area (Å²) in [5.41, 5.74) is 6.24. The van der Waals surface area contributed by atoms with E-state index in [0.29, 0.717) is 17.9 Å². The molecule has 0 spiro atoms. The molecular formula is C11H18N4O3S. The molecule has 0 fully saturated rings. The number of benzene rings is 1. The third-order valence-corrected chi connectivity index (χ3v) is 3.83. The van der Waals surface area contributed by atoms with Gasteiger partial charge in [0.15, 0.2) is 0 Å². The average Bonchev–Trinajstić information content (AvgIpc) is 2.37. The van der Waals surface area contributed by atoms with Crippen LogP contribution >= 0.6 is 0 Å². The van der Waals surface area contributed by atoms with Crippen molar-refractivity contribution in [3.8, 4) is 0 Å².